The van der Waals surface area contributed by atoms with Gasteiger partial charge in [0.1, 0.15) is 10.3 Å². The van der Waals surface area contributed by atoms with E-state index in [4.69, 9.17) is 14.2 Å². The lowest BCUT2D eigenvalue weighted by Crippen LogP contribution is -2.08. The summed E-state index contributed by atoms with van der Waals surface area (Å²) in [6.07, 6.45) is 1.04. The first-order valence-corrected chi connectivity index (χ1v) is 9.96. The highest BCUT2D eigenvalue weighted by Crippen LogP contribution is 2.29. The van der Waals surface area contributed by atoms with Crippen LogP contribution in [0.2, 0.25) is 0 Å². The fraction of sp³-hybridized carbons (Fsp3) is 0.381. The Balaban J connectivity index is 2.01. The maximum absolute atomic E-state index is 12.5. The summed E-state index contributed by atoms with van der Waals surface area (Å²) in [4.78, 5) is 29.1. The number of hydrogen-bond acceptors (Lipinski definition) is 6. The molecule has 0 spiro atoms. The Kier molecular flexibility index (Phi) is 8.44. The Bertz CT molecular complexity index is 838. The number of nitrogens with zero attached hydrogens (tertiary/aromatic N) is 1. The monoisotopic (exact) mass is 449 g/mol. The molecular formula is C21H24BrNO5. The van der Waals surface area contributed by atoms with Crippen LogP contribution in [0.5, 0.6) is 17.2 Å². The maximum Gasteiger partial charge on any atom is 0.181 e. The van der Waals surface area contributed by atoms with Gasteiger partial charge in [0.05, 0.1) is 20.3 Å². The quantitative estimate of drug-likeness (QED) is 0.359. The van der Waals surface area contributed by atoms with E-state index in [1.165, 1.54) is 7.11 Å². The van der Waals surface area contributed by atoms with E-state index >= 15 is 0 Å². The third-order valence-corrected chi connectivity index (χ3v) is 4.49. The van der Waals surface area contributed by atoms with Crippen LogP contribution in [0.4, 0.5) is 0 Å². The van der Waals surface area contributed by atoms with Gasteiger partial charge in [0.25, 0.3) is 0 Å². The smallest absolute Gasteiger partial charge is 0.181 e. The van der Waals surface area contributed by atoms with Crippen LogP contribution >= 0.6 is 15.9 Å². The average Bonchev–Trinajstić information content (AvgIpc) is 2.71. The molecule has 0 N–H and O–H groups in total. The van der Waals surface area contributed by atoms with Crippen molar-refractivity contribution in [3.63, 3.8) is 0 Å². The van der Waals surface area contributed by atoms with Crippen molar-refractivity contribution in [2.24, 2.45) is 0 Å². The number of carbonyl (C=O) groups is 2. The van der Waals surface area contributed by atoms with Crippen molar-refractivity contribution in [3.05, 3.63) is 46.2 Å². The zero-order chi connectivity index (χ0) is 20.5. The second kappa shape index (κ2) is 10.8. The second-order valence-electron chi connectivity index (χ2n) is 5.98. The molecule has 0 amide bonds. The summed E-state index contributed by atoms with van der Waals surface area (Å²) in [7, 11) is 1.53. The molecular weight excluding hydrogens is 426 g/mol. The van der Waals surface area contributed by atoms with E-state index in [0.29, 0.717) is 46.3 Å². The van der Waals surface area contributed by atoms with E-state index in [2.05, 4.69) is 20.9 Å². The molecule has 0 aliphatic heterocycles. The molecule has 2 rings (SSSR count). The molecule has 0 unspecified atom stereocenters. The van der Waals surface area contributed by atoms with Gasteiger partial charge in [-0.05, 0) is 59.6 Å². The molecule has 0 atom stereocenters. The maximum atomic E-state index is 12.5. The Labute approximate surface area is 173 Å². The molecule has 1 aromatic heterocycles. The van der Waals surface area contributed by atoms with Crippen LogP contribution in [0, 0.1) is 0 Å². The van der Waals surface area contributed by atoms with E-state index in [1.807, 2.05) is 13.8 Å². The molecule has 0 aliphatic carbocycles. The normalized spacial score (nSPS) is 10.4. The van der Waals surface area contributed by atoms with E-state index in [0.717, 1.165) is 6.42 Å². The third kappa shape index (κ3) is 5.79. The minimum Gasteiger partial charge on any atom is -0.493 e. The van der Waals surface area contributed by atoms with Crippen molar-refractivity contribution in [1.29, 1.82) is 0 Å². The van der Waals surface area contributed by atoms with Crippen LogP contribution in [0.25, 0.3) is 0 Å². The van der Waals surface area contributed by atoms with Crippen LogP contribution in [-0.2, 0) is 0 Å². The molecule has 7 heteroatoms. The lowest BCUT2D eigenvalue weighted by atomic mass is 10.0. The first-order chi connectivity index (χ1) is 13.5. The fourth-order valence-electron chi connectivity index (χ4n) is 2.51. The topological polar surface area (TPSA) is 74.7 Å². The molecule has 150 valence electrons. The number of carbonyl (C=O) groups excluding carboxylic acids is 2. The molecule has 0 bridgehead atoms. The van der Waals surface area contributed by atoms with E-state index < -0.39 is 0 Å². The minimum absolute atomic E-state index is 0.0721. The zero-order valence-corrected chi connectivity index (χ0v) is 17.9. The summed E-state index contributed by atoms with van der Waals surface area (Å²) in [6.45, 7) is 4.96. The number of hydrogen-bond donors (Lipinski definition) is 0. The minimum atomic E-state index is -0.202. The van der Waals surface area contributed by atoms with Gasteiger partial charge in [0, 0.05) is 18.4 Å². The van der Waals surface area contributed by atoms with Crippen molar-refractivity contribution in [2.45, 2.75) is 33.1 Å². The molecule has 0 radical (unpaired) electrons. The number of halogens is 1. The van der Waals surface area contributed by atoms with E-state index in [-0.39, 0.29) is 24.4 Å². The first kappa shape index (κ1) is 21.9. The standard InChI is InChI=1S/C21H24BrNO5/c1-4-12-28-18-10-6-14(13-20(18)26-3)16(24)8-9-17(25)15-7-11-19(27-5-2)21(22)23-15/h6-7,10-11,13H,4-5,8-9,12H2,1-3H3. The lowest BCUT2D eigenvalue weighted by molar-refractivity contribution is 0.0914. The Hall–Kier alpha value is -2.41. The number of ether oxygens (including phenoxy) is 3. The number of methoxy groups -OCH3 is 1. The summed E-state index contributed by atoms with van der Waals surface area (Å²) in [5.74, 6) is 1.33. The van der Waals surface area contributed by atoms with Crippen molar-refractivity contribution in [2.75, 3.05) is 20.3 Å². The predicted octanol–water partition coefficient (Wildman–Crippen LogP) is 4.89. The van der Waals surface area contributed by atoms with Gasteiger partial charge in [-0.3, -0.25) is 9.59 Å². The molecule has 0 aliphatic rings. The van der Waals surface area contributed by atoms with Crippen LogP contribution in [0.15, 0.2) is 34.9 Å². The molecule has 0 saturated heterocycles. The van der Waals surface area contributed by atoms with Gasteiger partial charge in [-0.1, -0.05) is 6.92 Å². The summed E-state index contributed by atoms with van der Waals surface area (Å²) in [6, 6.07) is 8.34. The van der Waals surface area contributed by atoms with Crippen molar-refractivity contribution in [3.8, 4) is 17.2 Å². The van der Waals surface area contributed by atoms with Crippen LogP contribution in [-0.4, -0.2) is 36.9 Å². The highest BCUT2D eigenvalue weighted by Gasteiger charge is 2.16. The van der Waals surface area contributed by atoms with Gasteiger partial charge in [-0.15, -0.1) is 0 Å². The van der Waals surface area contributed by atoms with Gasteiger partial charge >= 0.3 is 0 Å². The number of pyridine rings is 1. The average molecular weight is 450 g/mol. The van der Waals surface area contributed by atoms with E-state index in [1.54, 1.807) is 30.3 Å². The summed E-state index contributed by atoms with van der Waals surface area (Å²) in [5.41, 5.74) is 0.776. The number of benzene rings is 1. The number of aromatic nitrogens is 1. The third-order valence-electron chi connectivity index (χ3n) is 3.93. The lowest BCUT2D eigenvalue weighted by Gasteiger charge is -2.11. The van der Waals surface area contributed by atoms with E-state index in [9.17, 15) is 9.59 Å². The summed E-state index contributed by atoms with van der Waals surface area (Å²) >= 11 is 3.29. The van der Waals surface area contributed by atoms with Gasteiger partial charge < -0.3 is 14.2 Å². The Morgan fingerprint density at radius 1 is 0.964 bits per heavy atom. The predicted molar refractivity (Wildman–Crippen MR) is 110 cm³/mol. The van der Waals surface area contributed by atoms with Crippen LogP contribution in [0.1, 0.15) is 54.0 Å². The number of ketones is 2. The SMILES string of the molecule is CCCOc1ccc(C(=O)CCC(=O)c2ccc(OCC)c(Br)n2)cc1OC. The highest BCUT2D eigenvalue weighted by molar-refractivity contribution is 9.10. The van der Waals surface area contributed by atoms with Gasteiger partial charge in [-0.25, -0.2) is 4.98 Å². The molecule has 0 fully saturated rings. The van der Waals surface area contributed by atoms with Crippen molar-refractivity contribution in [1.82, 2.24) is 4.98 Å². The molecule has 28 heavy (non-hydrogen) atoms. The molecule has 1 aromatic carbocycles. The highest BCUT2D eigenvalue weighted by atomic mass is 79.9. The second-order valence-corrected chi connectivity index (χ2v) is 6.73. The number of Topliss-reactive ketones (excluding diaryl/α,β-unsaturated/α-hetero) is 2. The first-order valence-electron chi connectivity index (χ1n) is 9.16. The van der Waals surface area contributed by atoms with Crippen LogP contribution in [0.3, 0.4) is 0 Å². The summed E-state index contributed by atoms with van der Waals surface area (Å²) < 4.78 is 16.8. The molecule has 1 heterocycles. The molecule has 6 nitrogen and oxygen atoms in total. The molecule has 0 saturated carbocycles. The van der Waals surface area contributed by atoms with Crippen LogP contribution < -0.4 is 14.2 Å². The fourth-order valence-corrected chi connectivity index (χ4v) is 2.95. The zero-order valence-electron chi connectivity index (χ0n) is 16.3. The van der Waals surface area contributed by atoms with Gasteiger partial charge in [-0.2, -0.15) is 0 Å². The van der Waals surface area contributed by atoms with Gasteiger partial charge in [0.2, 0.25) is 0 Å². The Morgan fingerprint density at radius 3 is 2.32 bits per heavy atom. The molecule has 2 aromatic rings. The number of rotatable bonds is 11. The van der Waals surface area contributed by atoms with Crippen molar-refractivity contribution >= 4 is 27.5 Å². The van der Waals surface area contributed by atoms with Crippen molar-refractivity contribution < 1.29 is 23.8 Å². The van der Waals surface area contributed by atoms with Gasteiger partial charge in [0.15, 0.2) is 28.8 Å². The largest absolute Gasteiger partial charge is 0.493 e. The summed E-state index contributed by atoms with van der Waals surface area (Å²) in [5, 5.41) is 0. The Morgan fingerprint density at radius 2 is 1.68 bits per heavy atom.